The zero-order chi connectivity index (χ0) is 19.5. The van der Waals surface area contributed by atoms with Crippen LogP contribution in [0.15, 0.2) is 17.1 Å². The summed E-state index contributed by atoms with van der Waals surface area (Å²) in [5.74, 6) is -1.77. The maximum Gasteiger partial charge on any atom is 0.341 e. The number of aromatic nitrogens is 1. The van der Waals surface area contributed by atoms with E-state index in [1.54, 1.807) is 11.8 Å². The van der Waals surface area contributed by atoms with Crippen LogP contribution in [0.1, 0.15) is 46.7 Å². The highest BCUT2D eigenvalue weighted by atomic mass is 19.1. The number of β-amino-alcohol motifs (C(OH)–C–C–N with tert-alkyl or cyclic N) is 1. The number of anilines is 1. The van der Waals surface area contributed by atoms with E-state index in [0.717, 1.165) is 29.0 Å². The number of aliphatic hydroxyl groups excluding tert-OH is 1. The van der Waals surface area contributed by atoms with Gasteiger partial charge < -0.3 is 20.8 Å². The monoisotopic (exact) mass is 375 g/mol. The van der Waals surface area contributed by atoms with Crippen molar-refractivity contribution in [2.24, 2.45) is 5.73 Å². The number of carboxylic acids is 1. The van der Waals surface area contributed by atoms with E-state index in [4.69, 9.17) is 5.73 Å². The number of nitrogens with zero attached hydrogens (tertiary/aromatic N) is 2. The lowest BCUT2D eigenvalue weighted by Crippen LogP contribution is -2.37. The minimum Gasteiger partial charge on any atom is -0.477 e. The van der Waals surface area contributed by atoms with Gasteiger partial charge in [-0.15, -0.1) is 0 Å². The van der Waals surface area contributed by atoms with Gasteiger partial charge in [0.15, 0.2) is 5.82 Å². The van der Waals surface area contributed by atoms with Crippen molar-refractivity contribution in [2.75, 3.05) is 18.0 Å². The Labute approximate surface area is 154 Å². The Bertz CT molecular complexity index is 999. The Morgan fingerprint density at radius 1 is 1.41 bits per heavy atom. The van der Waals surface area contributed by atoms with E-state index in [9.17, 15) is 19.8 Å². The topological polar surface area (TPSA) is 108 Å². The van der Waals surface area contributed by atoms with Crippen molar-refractivity contribution in [1.29, 1.82) is 0 Å². The summed E-state index contributed by atoms with van der Waals surface area (Å²) in [6.45, 7) is 2.28. The fourth-order valence-corrected chi connectivity index (χ4v) is 4.24. The molecule has 0 amide bonds. The first-order valence-electron chi connectivity index (χ1n) is 9.09. The van der Waals surface area contributed by atoms with Gasteiger partial charge in [0.2, 0.25) is 0 Å². The lowest BCUT2D eigenvalue weighted by atomic mass is 10.0. The highest BCUT2D eigenvalue weighted by Gasteiger charge is 2.35. The van der Waals surface area contributed by atoms with Crippen molar-refractivity contribution in [3.63, 3.8) is 0 Å². The molecule has 2 aromatic rings. The molecule has 7 nitrogen and oxygen atoms in total. The number of aliphatic hydroxyl groups is 1. The molecule has 0 bridgehead atoms. The van der Waals surface area contributed by atoms with E-state index < -0.39 is 23.4 Å². The summed E-state index contributed by atoms with van der Waals surface area (Å²) in [7, 11) is 0. The van der Waals surface area contributed by atoms with Gasteiger partial charge in [0.25, 0.3) is 5.56 Å². The molecule has 2 atom stereocenters. The molecule has 2 fully saturated rings. The Morgan fingerprint density at radius 2 is 2.11 bits per heavy atom. The van der Waals surface area contributed by atoms with E-state index in [0.29, 0.717) is 23.2 Å². The third-order valence-electron chi connectivity index (χ3n) is 5.64. The largest absolute Gasteiger partial charge is 0.477 e. The van der Waals surface area contributed by atoms with Crippen LogP contribution in [0.4, 0.5) is 10.1 Å². The molecule has 0 aromatic carbocycles. The zero-order valence-electron chi connectivity index (χ0n) is 15.0. The number of hydrogen-bond acceptors (Lipinski definition) is 5. The minimum absolute atomic E-state index is 0.171. The molecule has 2 unspecified atom stereocenters. The van der Waals surface area contributed by atoms with E-state index in [1.807, 2.05) is 0 Å². The third kappa shape index (κ3) is 2.80. The minimum atomic E-state index is -1.32. The molecular formula is C19H22FN3O4. The number of aromatic carboxylic acids is 1. The van der Waals surface area contributed by atoms with Crippen LogP contribution < -0.4 is 16.2 Å². The second-order valence-electron chi connectivity index (χ2n) is 7.50. The fraction of sp³-hybridized carbons (Fsp3) is 0.474. The first kappa shape index (κ1) is 17.9. The molecule has 1 saturated carbocycles. The second kappa shape index (κ2) is 6.31. The molecule has 4 N–H and O–H groups in total. The standard InChI is InChI=1S/C19H22FN3O4/c1-9-16-13(10-2-3-10)5-14(19(26)27)18(25)23(16)8-15(20)17(9)22-7-12(24)4-11(22)6-21/h5,8,10-12,24H,2-4,6-7,21H2,1H3,(H,26,27). The number of pyridine rings is 2. The van der Waals surface area contributed by atoms with Crippen LogP contribution in [-0.4, -0.2) is 45.8 Å². The summed E-state index contributed by atoms with van der Waals surface area (Å²) in [5.41, 5.74) is 6.92. The third-order valence-corrected chi connectivity index (χ3v) is 5.64. The van der Waals surface area contributed by atoms with Gasteiger partial charge in [0.05, 0.1) is 23.5 Å². The molecule has 144 valence electrons. The van der Waals surface area contributed by atoms with Crippen molar-refractivity contribution in [2.45, 2.75) is 44.2 Å². The van der Waals surface area contributed by atoms with Gasteiger partial charge in [-0.25, -0.2) is 9.18 Å². The summed E-state index contributed by atoms with van der Waals surface area (Å²) in [5, 5.41) is 19.4. The van der Waals surface area contributed by atoms with Crippen molar-refractivity contribution in [3.8, 4) is 0 Å². The predicted octanol–water partition coefficient (Wildman–Crippen LogP) is 1.22. The van der Waals surface area contributed by atoms with Crippen molar-refractivity contribution in [3.05, 3.63) is 45.1 Å². The average Bonchev–Trinajstić information content (AvgIpc) is 3.38. The Morgan fingerprint density at radius 3 is 2.70 bits per heavy atom. The van der Waals surface area contributed by atoms with Gasteiger partial charge in [-0.1, -0.05) is 0 Å². The van der Waals surface area contributed by atoms with Gasteiger partial charge in [-0.2, -0.15) is 0 Å². The van der Waals surface area contributed by atoms with Crippen molar-refractivity contribution >= 4 is 17.2 Å². The predicted molar refractivity (Wildman–Crippen MR) is 98.1 cm³/mol. The van der Waals surface area contributed by atoms with E-state index >= 15 is 4.39 Å². The SMILES string of the molecule is Cc1c(N2CC(O)CC2CN)c(F)cn2c(=O)c(C(=O)O)cc(C3CC3)c12. The van der Waals surface area contributed by atoms with Crippen LogP contribution in [0, 0.1) is 12.7 Å². The highest BCUT2D eigenvalue weighted by molar-refractivity contribution is 5.89. The molecule has 4 rings (SSSR count). The fourth-order valence-electron chi connectivity index (χ4n) is 4.24. The normalized spacial score (nSPS) is 22.6. The summed E-state index contributed by atoms with van der Waals surface area (Å²) in [6.07, 6.45) is 2.75. The molecule has 0 spiro atoms. The first-order valence-corrected chi connectivity index (χ1v) is 9.09. The summed E-state index contributed by atoms with van der Waals surface area (Å²) >= 11 is 0. The first-order chi connectivity index (χ1) is 12.8. The Balaban J connectivity index is 2.01. The van der Waals surface area contributed by atoms with Crippen LogP contribution in [0.2, 0.25) is 0 Å². The van der Waals surface area contributed by atoms with Crippen LogP contribution in [0.3, 0.4) is 0 Å². The zero-order valence-corrected chi connectivity index (χ0v) is 15.0. The van der Waals surface area contributed by atoms with Gasteiger partial charge in [0.1, 0.15) is 5.56 Å². The molecule has 1 aliphatic heterocycles. The average molecular weight is 375 g/mol. The number of nitrogens with two attached hydrogens (primary N) is 1. The maximum atomic E-state index is 15.1. The van der Waals surface area contributed by atoms with Crippen LogP contribution >= 0.6 is 0 Å². The molecule has 2 aliphatic rings. The Hall–Kier alpha value is -2.45. The van der Waals surface area contributed by atoms with Gasteiger partial charge in [-0.3, -0.25) is 9.20 Å². The summed E-state index contributed by atoms with van der Waals surface area (Å²) in [6, 6.07) is 1.25. The van der Waals surface area contributed by atoms with Gasteiger partial charge in [-0.05, 0) is 49.3 Å². The van der Waals surface area contributed by atoms with E-state index in [1.165, 1.54) is 6.07 Å². The lowest BCUT2D eigenvalue weighted by Gasteiger charge is -2.28. The smallest absolute Gasteiger partial charge is 0.341 e. The van der Waals surface area contributed by atoms with E-state index in [2.05, 4.69) is 0 Å². The number of aryl methyl sites for hydroxylation is 1. The number of halogens is 1. The van der Waals surface area contributed by atoms with Crippen LogP contribution in [-0.2, 0) is 0 Å². The molecular weight excluding hydrogens is 353 g/mol. The highest BCUT2D eigenvalue weighted by Crippen LogP contribution is 2.44. The number of fused-ring (bicyclic) bond motifs is 1. The summed E-state index contributed by atoms with van der Waals surface area (Å²) < 4.78 is 16.2. The van der Waals surface area contributed by atoms with Crippen LogP contribution in [0.5, 0.6) is 0 Å². The van der Waals surface area contributed by atoms with E-state index in [-0.39, 0.29) is 30.6 Å². The van der Waals surface area contributed by atoms with Gasteiger partial charge in [0, 0.05) is 19.1 Å². The molecule has 8 heteroatoms. The Kier molecular flexibility index (Phi) is 4.20. The maximum absolute atomic E-state index is 15.1. The molecule has 27 heavy (non-hydrogen) atoms. The number of rotatable bonds is 4. The van der Waals surface area contributed by atoms with Gasteiger partial charge >= 0.3 is 5.97 Å². The molecule has 2 aromatic heterocycles. The molecule has 0 radical (unpaired) electrons. The van der Waals surface area contributed by atoms with Crippen molar-refractivity contribution < 1.29 is 19.4 Å². The number of hydrogen-bond donors (Lipinski definition) is 3. The van der Waals surface area contributed by atoms with Crippen molar-refractivity contribution in [1.82, 2.24) is 4.40 Å². The summed E-state index contributed by atoms with van der Waals surface area (Å²) in [4.78, 5) is 25.8. The quantitative estimate of drug-likeness (QED) is 0.742. The molecule has 1 saturated heterocycles. The number of carboxylic acid groups (broad SMARTS) is 1. The van der Waals surface area contributed by atoms with Crippen LogP contribution in [0.25, 0.3) is 5.52 Å². The number of carbonyl (C=O) groups is 1. The second-order valence-corrected chi connectivity index (χ2v) is 7.50. The lowest BCUT2D eigenvalue weighted by molar-refractivity contribution is 0.0694. The molecule has 3 heterocycles. The molecule has 1 aliphatic carbocycles.